The van der Waals surface area contributed by atoms with Gasteiger partial charge >= 0.3 is 0 Å². The number of pyridine rings is 1. The molecule has 3 unspecified atom stereocenters. The van der Waals surface area contributed by atoms with Gasteiger partial charge in [-0.3, -0.25) is 4.98 Å². The molecule has 3 nitrogen and oxygen atoms in total. The zero-order valence-electron chi connectivity index (χ0n) is 9.03. The van der Waals surface area contributed by atoms with E-state index in [-0.39, 0.29) is 0 Å². The van der Waals surface area contributed by atoms with Gasteiger partial charge in [-0.05, 0) is 41.3 Å². The quantitative estimate of drug-likeness (QED) is 0.906. The van der Waals surface area contributed by atoms with Crippen molar-refractivity contribution in [3.05, 3.63) is 22.9 Å². The average molecular weight is 283 g/mol. The Balaban J connectivity index is 1.63. The maximum absolute atomic E-state index is 5.70. The van der Waals surface area contributed by atoms with Crippen LogP contribution < -0.4 is 5.32 Å². The first-order chi connectivity index (χ1) is 7.83. The highest BCUT2D eigenvalue weighted by Gasteiger charge is 2.43. The number of halogens is 1. The number of hydrogen-bond donors (Lipinski definition) is 1. The SMILES string of the molecule is Brc1cncc(NC2CC3OCCCC23)c1. The summed E-state index contributed by atoms with van der Waals surface area (Å²) < 4.78 is 6.73. The van der Waals surface area contributed by atoms with Crippen molar-refractivity contribution in [3.63, 3.8) is 0 Å². The molecule has 0 aromatic carbocycles. The van der Waals surface area contributed by atoms with E-state index < -0.39 is 0 Å². The van der Waals surface area contributed by atoms with E-state index in [9.17, 15) is 0 Å². The first-order valence-corrected chi connectivity index (χ1v) is 6.61. The van der Waals surface area contributed by atoms with Crippen molar-refractivity contribution < 1.29 is 4.74 Å². The zero-order chi connectivity index (χ0) is 11.0. The van der Waals surface area contributed by atoms with Crippen molar-refractivity contribution in [3.8, 4) is 0 Å². The Bertz CT molecular complexity index is 385. The lowest BCUT2D eigenvalue weighted by atomic mass is 9.72. The molecule has 2 fully saturated rings. The first-order valence-electron chi connectivity index (χ1n) is 5.81. The fraction of sp³-hybridized carbons (Fsp3) is 0.583. The van der Waals surface area contributed by atoms with Gasteiger partial charge in [-0.1, -0.05) is 0 Å². The number of anilines is 1. The number of nitrogens with zero attached hydrogens (tertiary/aromatic N) is 1. The van der Waals surface area contributed by atoms with Gasteiger partial charge in [-0.25, -0.2) is 0 Å². The maximum atomic E-state index is 5.70. The highest BCUT2D eigenvalue weighted by Crippen LogP contribution is 2.39. The topological polar surface area (TPSA) is 34.2 Å². The van der Waals surface area contributed by atoms with E-state index in [1.54, 1.807) is 6.20 Å². The van der Waals surface area contributed by atoms with E-state index in [1.165, 1.54) is 12.8 Å². The minimum Gasteiger partial charge on any atom is -0.381 e. The standard InChI is InChI=1S/C12H15BrN2O/c13-8-4-9(7-14-6-8)15-11-5-12-10(11)2-1-3-16-12/h4,6-7,10-12,15H,1-3,5H2. The molecule has 16 heavy (non-hydrogen) atoms. The fourth-order valence-corrected chi connectivity index (χ4v) is 3.03. The van der Waals surface area contributed by atoms with E-state index >= 15 is 0 Å². The van der Waals surface area contributed by atoms with Crippen molar-refractivity contribution >= 4 is 21.6 Å². The Morgan fingerprint density at radius 2 is 2.38 bits per heavy atom. The molecule has 0 bridgehead atoms. The maximum Gasteiger partial charge on any atom is 0.0642 e. The lowest BCUT2D eigenvalue weighted by Crippen LogP contribution is -2.53. The van der Waals surface area contributed by atoms with Gasteiger partial charge in [0.25, 0.3) is 0 Å². The molecule has 3 atom stereocenters. The van der Waals surface area contributed by atoms with Crippen LogP contribution >= 0.6 is 15.9 Å². The van der Waals surface area contributed by atoms with Gasteiger partial charge in [-0.15, -0.1) is 0 Å². The van der Waals surface area contributed by atoms with E-state index in [4.69, 9.17) is 4.74 Å². The molecule has 1 saturated heterocycles. The van der Waals surface area contributed by atoms with Gasteiger partial charge in [0.2, 0.25) is 0 Å². The monoisotopic (exact) mass is 282 g/mol. The average Bonchev–Trinajstić information content (AvgIpc) is 2.26. The van der Waals surface area contributed by atoms with E-state index in [2.05, 4.69) is 32.3 Å². The smallest absolute Gasteiger partial charge is 0.0642 e. The normalized spacial score (nSPS) is 32.7. The van der Waals surface area contributed by atoms with Crippen LogP contribution in [0.1, 0.15) is 19.3 Å². The zero-order valence-corrected chi connectivity index (χ0v) is 10.6. The lowest BCUT2D eigenvalue weighted by Gasteiger charge is -2.47. The number of nitrogens with one attached hydrogen (secondary N) is 1. The third-order valence-corrected chi connectivity index (χ3v) is 3.98. The Morgan fingerprint density at radius 1 is 1.44 bits per heavy atom. The van der Waals surface area contributed by atoms with E-state index in [0.29, 0.717) is 18.1 Å². The highest BCUT2D eigenvalue weighted by atomic mass is 79.9. The Hall–Kier alpha value is -0.610. The molecule has 0 spiro atoms. The summed E-state index contributed by atoms with van der Waals surface area (Å²) in [6, 6.07) is 2.64. The second kappa shape index (κ2) is 4.34. The summed E-state index contributed by atoms with van der Waals surface area (Å²) in [5.74, 6) is 0.702. The Morgan fingerprint density at radius 3 is 3.19 bits per heavy atom. The number of ether oxygens (including phenoxy) is 1. The molecule has 0 amide bonds. The third-order valence-electron chi connectivity index (χ3n) is 3.55. The molecule has 1 aliphatic heterocycles. The highest BCUT2D eigenvalue weighted by molar-refractivity contribution is 9.10. The number of hydrogen-bond acceptors (Lipinski definition) is 3. The van der Waals surface area contributed by atoms with Crippen molar-refractivity contribution in [1.82, 2.24) is 4.98 Å². The van der Waals surface area contributed by atoms with E-state index in [0.717, 1.165) is 23.2 Å². The summed E-state index contributed by atoms with van der Waals surface area (Å²) in [6.45, 7) is 0.951. The van der Waals surface area contributed by atoms with Crippen molar-refractivity contribution in [2.75, 3.05) is 11.9 Å². The molecule has 1 aromatic heterocycles. The van der Waals surface area contributed by atoms with Crippen LogP contribution in [-0.2, 0) is 4.74 Å². The first kappa shape index (κ1) is 10.5. The van der Waals surface area contributed by atoms with Crippen molar-refractivity contribution in [1.29, 1.82) is 0 Å². The summed E-state index contributed by atoms with van der Waals surface area (Å²) in [4.78, 5) is 4.16. The molecule has 0 radical (unpaired) electrons. The molecule has 2 aliphatic rings. The van der Waals surface area contributed by atoms with E-state index in [1.807, 2.05) is 6.20 Å². The summed E-state index contributed by atoms with van der Waals surface area (Å²) >= 11 is 3.43. The van der Waals surface area contributed by atoms with Gasteiger partial charge in [0.05, 0.1) is 18.0 Å². The van der Waals surface area contributed by atoms with Gasteiger partial charge in [0, 0.05) is 29.2 Å². The van der Waals surface area contributed by atoms with Crippen LogP contribution in [0.3, 0.4) is 0 Å². The molecular formula is C12H15BrN2O. The molecule has 3 rings (SSSR count). The number of rotatable bonds is 2. The molecule has 1 aliphatic carbocycles. The molecule has 1 saturated carbocycles. The molecule has 86 valence electrons. The van der Waals surface area contributed by atoms with Crippen LogP contribution in [0.2, 0.25) is 0 Å². The molecular weight excluding hydrogens is 268 g/mol. The number of aromatic nitrogens is 1. The number of fused-ring (bicyclic) bond motifs is 1. The third kappa shape index (κ3) is 1.96. The van der Waals surface area contributed by atoms with Crippen LogP contribution in [0.5, 0.6) is 0 Å². The lowest BCUT2D eigenvalue weighted by molar-refractivity contribution is -0.0897. The second-order valence-electron chi connectivity index (χ2n) is 4.59. The Kier molecular flexibility index (Phi) is 2.86. The molecule has 1 N–H and O–H groups in total. The molecule has 1 aromatic rings. The van der Waals surface area contributed by atoms with Crippen LogP contribution in [0.4, 0.5) is 5.69 Å². The van der Waals surface area contributed by atoms with Gasteiger partial charge in [-0.2, -0.15) is 0 Å². The molecule has 4 heteroatoms. The van der Waals surface area contributed by atoms with Gasteiger partial charge < -0.3 is 10.1 Å². The minimum absolute atomic E-state index is 0.506. The fourth-order valence-electron chi connectivity index (χ4n) is 2.67. The van der Waals surface area contributed by atoms with Crippen molar-refractivity contribution in [2.45, 2.75) is 31.4 Å². The van der Waals surface area contributed by atoms with Crippen LogP contribution in [0, 0.1) is 5.92 Å². The minimum atomic E-state index is 0.506. The van der Waals surface area contributed by atoms with Crippen LogP contribution in [0.25, 0.3) is 0 Å². The Labute approximate surface area is 104 Å². The predicted octanol–water partition coefficient (Wildman–Crippen LogP) is 2.82. The molecule has 2 heterocycles. The summed E-state index contributed by atoms with van der Waals surface area (Å²) in [7, 11) is 0. The summed E-state index contributed by atoms with van der Waals surface area (Å²) in [6.07, 6.45) is 7.82. The van der Waals surface area contributed by atoms with Crippen LogP contribution in [-0.4, -0.2) is 23.7 Å². The summed E-state index contributed by atoms with van der Waals surface area (Å²) in [5, 5.41) is 3.55. The van der Waals surface area contributed by atoms with Crippen LogP contribution in [0.15, 0.2) is 22.9 Å². The van der Waals surface area contributed by atoms with Crippen molar-refractivity contribution in [2.24, 2.45) is 5.92 Å². The predicted molar refractivity (Wildman–Crippen MR) is 66.4 cm³/mol. The summed E-state index contributed by atoms with van der Waals surface area (Å²) in [5.41, 5.74) is 1.10. The second-order valence-corrected chi connectivity index (χ2v) is 5.51. The largest absolute Gasteiger partial charge is 0.381 e. The van der Waals surface area contributed by atoms with Gasteiger partial charge in [0.1, 0.15) is 0 Å². The van der Waals surface area contributed by atoms with Gasteiger partial charge in [0.15, 0.2) is 0 Å².